The van der Waals surface area contributed by atoms with Gasteiger partial charge in [-0.1, -0.05) is 35.5 Å². The first-order valence-electron chi connectivity index (χ1n) is 7.25. The lowest BCUT2D eigenvalue weighted by Gasteiger charge is -2.11. The molecule has 1 atom stereocenters. The van der Waals surface area contributed by atoms with Crippen LogP contribution < -0.4 is 10.9 Å². The summed E-state index contributed by atoms with van der Waals surface area (Å²) in [6.07, 6.45) is 0. The average molecular weight is 360 g/mol. The van der Waals surface area contributed by atoms with Gasteiger partial charge in [-0.3, -0.25) is 9.59 Å². The Balaban J connectivity index is 1.74. The van der Waals surface area contributed by atoms with Gasteiger partial charge in [0.05, 0.1) is 16.2 Å². The Bertz CT molecular complexity index is 940. The van der Waals surface area contributed by atoms with Crippen LogP contribution in [0.5, 0.6) is 0 Å². The van der Waals surface area contributed by atoms with Crippen molar-refractivity contribution in [2.24, 2.45) is 0 Å². The van der Waals surface area contributed by atoms with Crippen molar-refractivity contribution in [2.75, 3.05) is 5.32 Å². The van der Waals surface area contributed by atoms with Crippen LogP contribution in [0.4, 0.5) is 5.69 Å². The van der Waals surface area contributed by atoms with Crippen LogP contribution in [-0.4, -0.2) is 21.1 Å². The van der Waals surface area contributed by atoms with Crippen LogP contribution >= 0.6 is 23.4 Å². The third-order valence-electron chi connectivity index (χ3n) is 3.36. The van der Waals surface area contributed by atoms with Gasteiger partial charge in [0.25, 0.3) is 5.56 Å². The number of para-hydroxylation sites is 1. The fourth-order valence-electron chi connectivity index (χ4n) is 2.12. The minimum atomic E-state index is -0.426. The number of hydrogen-bond acceptors (Lipinski definition) is 4. The smallest absolute Gasteiger partial charge is 0.259 e. The number of amides is 1. The van der Waals surface area contributed by atoms with Crippen molar-refractivity contribution in [3.05, 3.63) is 63.9 Å². The van der Waals surface area contributed by atoms with E-state index >= 15 is 0 Å². The van der Waals surface area contributed by atoms with Gasteiger partial charge >= 0.3 is 0 Å². The molecule has 2 aromatic carbocycles. The zero-order valence-electron chi connectivity index (χ0n) is 12.7. The molecule has 0 saturated heterocycles. The molecule has 5 nitrogen and oxygen atoms in total. The first-order chi connectivity index (χ1) is 11.5. The number of H-pyrrole nitrogens is 1. The maximum atomic E-state index is 12.3. The highest BCUT2D eigenvalue weighted by Gasteiger charge is 2.16. The van der Waals surface area contributed by atoms with Crippen molar-refractivity contribution in [3.63, 3.8) is 0 Å². The quantitative estimate of drug-likeness (QED) is 0.550. The Morgan fingerprint density at radius 1 is 1.21 bits per heavy atom. The third kappa shape index (κ3) is 3.77. The number of carbonyl (C=O) groups excluding carboxylic acids is 1. The number of aromatic amines is 1. The number of anilines is 1. The number of halogens is 1. The van der Waals surface area contributed by atoms with E-state index in [1.807, 2.05) is 6.07 Å². The summed E-state index contributed by atoms with van der Waals surface area (Å²) < 4.78 is 0. The molecule has 0 radical (unpaired) electrons. The largest absolute Gasteiger partial charge is 0.325 e. The summed E-state index contributed by atoms with van der Waals surface area (Å²) in [5, 5.41) is 3.92. The van der Waals surface area contributed by atoms with Crippen molar-refractivity contribution >= 4 is 45.9 Å². The van der Waals surface area contributed by atoms with Gasteiger partial charge in [0.1, 0.15) is 0 Å². The second-order valence-electron chi connectivity index (χ2n) is 5.14. The number of aromatic nitrogens is 2. The molecule has 1 amide bonds. The zero-order valence-corrected chi connectivity index (χ0v) is 14.3. The molecule has 0 saturated carbocycles. The predicted molar refractivity (Wildman–Crippen MR) is 97.8 cm³/mol. The lowest BCUT2D eigenvalue weighted by molar-refractivity contribution is -0.115. The maximum Gasteiger partial charge on any atom is 0.259 e. The van der Waals surface area contributed by atoms with Gasteiger partial charge in [0.15, 0.2) is 5.16 Å². The summed E-state index contributed by atoms with van der Waals surface area (Å²) in [4.78, 5) is 31.4. The van der Waals surface area contributed by atoms with E-state index in [0.717, 1.165) is 0 Å². The normalized spacial score (nSPS) is 12.1. The van der Waals surface area contributed by atoms with Crippen molar-refractivity contribution in [1.82, 2.24) is 9.97 Å². The van der Waals surface area contributed by atoms with E-state index in [0.29, 0.717) is 26.8 Å². The second-order valence-corrected chi connectivity index (χ2v) is 6.91. The Hall–Kier alpha value is -2.31. The molecule has 0 spiro atoms. The lowest BCUT2D eigenvalue weighted by Crippen LogP contribution is -2.23. The molecule has 3 aromatic rings. The third-order valence-corrected chi connectivity index (χ3v) is 4.60. The molecule has 1 aromatic heterocycles. The van der Waals surface area contributed by atoms with E-state index in [1.165, 1.54) is 11.8 Å². The fourth-order valence-corrected chi connectivity index (χ4v) is 3.05. The summed E-state index contributed by atoms with van der Waals surface area (Å²) in [6, 6.07) is 14.0. The molecule has 0 aliphatic rings. The molecule has 0 bridgehead atoms. The predicted octanol–water partition coefficient (Wildman–Crippen LogP) is 3.70. The van der Waals surface area contributed by atoms with E-state index in [4.69, 9.17) is 11.6 Å². The molecule has 0 fully saturated rings. The van der Waals surface area contributed by atoms with Crippen LogP contribution in [0.1, 0.15) is 6.92 Å². The number of thioether (sulfide) groups is 1. The van der Waals surface area contributed by atoms with Gasteiger partial charge in [-0.25, -0.2) is 4.98 Å². The number of nitrogens with one attached hydrogen (secondary N) is 2. The van der Waals surface area contributed by atoms with Crippen molar-refractivity contribution < 1.29 is 4.79 Å². The van der Waals surface area contributed by atoms with Gasteiger partial charge in [-0.2, -0.15) is 0 Å². The summed E-state index contributed by atoms with van der Waals surface area (Å²) in [6.45, 7) is 1.76. The number of rotatable bonds is 4. The molecular weight excluding hydrogens is 346 g/mol. The average Bonchev–Trinajstić information content (AvgIpc) is 2.57. The first-order valence-corrected chi connectivity index (χ1v) is 8.51. The Kier molecular flexibility index (Phi) is 4.87. The standard InChI is InChI=1S/C17H14ClN3O2S/c1-10(15(22)19-12-8-6-11(18)7-9-12)24-17-20-14-5-3-2-4-13(14)16(23)21-17/h2-10H,1H3,(H,19,22)(H,20,21,23)/t10-/m1/s1. The number of carbonyl (C=O) groups is 1. The summed E-state index contributed by atoms with van der Waals surface area (Å²) in [7, 11) is 0. The molecule has 0 aliphatic heterocycles. The van der Waals surface area contributed by atoms with Crippen LogP contribution in [0.3, 0.4) is 0 Å². The number of nitrogens with zero attached hydrogens (tertiary/aromatic N) is 1. The number of fused-ring (bicyclic) bond motifs is 1. The Morgan fingerprint density at radius 2 is 1.92 bits per heavy atom. The number of benzene rings is 2. The van der Waals surface area contributed by atoms with Crippen molar-refractivity contribution in [3.8, 4) is 0 Å². The van der Waals surface area contributed by atoms with Gasteiger partial charge in [-0.05, 0) is 43.3 Å². The van der Waals surface area contributed by atoms with E-state index in [2.05, 4.69) is 15.3 Å². The Morgan fingerprint density at radius 3 is 2.67 bits per heavy atom. The van der Waals surface area contributed by atoms with E-state index in [9.17, 15) is 9.59 Å². The topological polar surface area (TPSA) is 74.8 Å². The first kappa shape index (κ1) is 16.5. The van der Waals surface area contributed by atoms with Crippen molar-refractivity contribution in [2.45, 2.75) is 17.3 Å². The van der Waals surface area contributed by atoms with Crippen LogP contribution in [0.15, 0.2) is 58.5 Å². The number of hydrogen-bond donors (Lipinski definition) is 2. The van der Waals surface area contributed by atoms with E-state index in [1.54, 1.807) is 49.4 Å². The molecule has 0 unspecified atom stereocenters. The fraction of sp³-hybridized carbons (Fsp3) is 0.118. The molecule has 122 valence electrons. The Labute approximate surface area is 147 Å². The van der Waals surface area contributed by atoms with Crippen LogP contribution in [-0.2, 0) is 4.79 Å². The minimum absolute atomic E-state index is 0.182. The molecular formula is C17H14ClN3O2S. The van der Waals surface area contributed by atoms with Crippen LogP contribution in [0.25, 0.3) is 10.9 Å². The van der Waals surface area contributed by atoms with Gasteiger partial charge < -0.3 is 10.3 Å². The van der Waals surface area contributed by atoms with Gasteiger partial charge in [-0.15, -0.1) is 0 Å². The zero-order chi connectivity index (χ0) is 17.1. The molecule has 24 heavy (non-hydrogen) atoms. The lowest BCUT2D eigenvalue weighted by atomic mass is 10.2. The van der Waals surface area contributed by atoms with E-state index < -0.39 is 5.25 Å². The molecule has 0 aliphatic carbocycles. The summed E-state index contributed by atoms with van der Waals surface area (Å²) in [5.74, 6) is -0.182. The molecule has 2 N–H and O–H groups in total. The van der Waals surface area contributed by atoms with E-state index in [-0.39, 0.29) is 11.5 Å². The van der Waals surface area contributed by atoms with Crippen LogP contribution in [0, 0.1) is 0 Å². The summed E-state index contributed by atoms with van der Waals surface area (Å²) in [5.41, 5.74) is 1.05. The maximum absolute atomic E-state index is 12.3. The summed E-state index contributed by atoms with van der Waals surface area (Å²) >= 11 is 7.02. The van der Waals surface area contributed by atoms with Crippen LogP contribution in [0.2, 0.25) is 5.02 Å². The highest BCUT2D eigenvalue weighted by Crippen LogP contribution is 2.22. The minimum Gasteiger partial charge on any atom is -0.325 e. The van der Waals surface area contributed by atoms with Gasteiger partial charge in [0.2, 0.25) is 5.91 Å². The molecule has 1 heterocycles. The highest BCUT2D eigenvalue weighted by molar-refractivity contribution is 8.00. The second kappa shape index (κ2) is 7.07. The molecule has 7 heteroatoms. The highest BCUT2D eigenvalue weighted by atomic mass is 35.5. The van der Waals surface area contributed by atoms with Crippen molar-refractivity contribution in [1.29, 1.82) is 0 Å². The monoisotopic (exact) mass is 359 g/mol. The molecule has 3 rings (SSSR count). The SMILES string of the molecule is C[C@@H](Sc1nc2ccccc2c(=O)[nH]1)C(=O)Nc1ccc(Cl)cc1. The van der Waals surface area contributed by atoms with Gasteiger partial charge in [0, 0.05) is 10.7 Å².